The summed E-state index contributed by atoms with van der Waals surface area (Å²) in [5.41, 5.74) is 0. The summed E-state index contributed by atoms with van der Waals surface area (Å²) in [5.74, 6) is 1.22. The van der Waals surface area contributed by atoms with E-state index in [9.17, 15) is 0 Å². The Balaban J connectivity index is 2.57. The maximum Gasteiger partial charge on any atom is 0.108 e. The van der Waals surface area contributed by atoms with Crippen LogP contribution in [0.1, 0.15) is 39.4 Å². The quantitative estimate of drug-likeness (QED) is 0.746. The van der Waals surface area contributed by atoms with Crippen molar-refractivity contribution in [3.63, 3.8) is 0 Å². The second kappa shape index (κ2) is 6.62. The SMILES string of the molecule is CCCc1nccn1CC(CC)NCC. The first-order chi connectivity index (χ1) is 7.31. The van der Waals surface area contributed by atoms with E-state index >= 15 is 0 Å². The normalized spacial score (nSPS) is 13.0. The molecule has 0 saturated heterocycles. The van der Waals surface area contributed by atoms with E-state index in [4.69, 9.17) is 0 Å². The molecule has 0 aliphatic carbocycles. The van der Waals surface area contributed by atoms with Crippen LogP contribution in [0.3, 0.4) is 0 Å². The number of imidazole rings is 1. The van der Waals surface area contributed by atoms with E-state index in [1.807, 2.05) is 6.20 Å². The van der Waals surface area contributed by atoms with Gasteiger partial charge in [0, 0.05) is 31.4 Å². The van der Waals surface area contributed by atoms with Crippen LogP contribution in [0.5, 0.6) is 0 Å². The lowest BCUT2D eigenvalue weighted by molar-refractivity contribution is 0.438. The number of nitrogens with zero attached hydrogens (tertiary/aromatic N) is 2. The molecule has 0 aliphatic rings. The number of hydrogen-bond donors (Lipinski definition) is 1. The molecule has 0 spiro atoms. The Kier molecular flexibility index (Phi) is 5.40. The maximum absolute atomic E-state index is 4.39. The van der Waals surface area contributed by atoms with Gasteiger partial charge in [-0.05, 0) is 19.4 Å². The van der Waals surface area contributed by atoms with Gasteiger partial charge >= 0.3 is 0 Å². The summed E-state index contributed by atoms with van der Waals surface area (Å²) >= 11 is 0. The number of likely N-dealkylation sites (N-methyl/N-ethyl adjacent to an activating group) is 1. The largest absolute Gasteiger partial charge is 0.333 e. The average molecular weight is 209 g/mol. The third-order valence-corrected chi connectivity index (χ3v) is 2.68. The smallest absolute Gasteiger partial charge is 0.108 e. The van der Waals surface area contributed by atoms with Crippen LogP contribution in [0.2, 0.25) is 0 Å². The molecule has 1 heterocycles. The molecule has 86 valence electrons. The predicted octanol–water partition coefficient (Wildman–Crippen LogP) is 2.22. The van der Waals surface area contributed by atoms with Gasteiger partial charge in [-0.3, -0.25) is 0 Å². The summed E-state index contributed by atoms with van der Waals surface area (Å²) < 4.78 is 2.28. The van der Waals surface area contributed by atoms with Crippen molar-refractivity contribution < 1.29 is 0 Å². The molecule has 0 bridgehead atoms. The van der Waals surface area contributed by atoms with Crippen LogP contribution in [0, 0.1) is 0 Å². The molecule has 3 nitrogen and oxygen atoms in total. The van der Waals surface area contributed by atoms with Crippen LogP contribution >= 0.6 is 0 Å². The average Bonchev–Trinajstić information content (AvgIpc) is 2.66. The summed E-state index contributed by atoms with van der Waals surface area (Å²) in [6.45, 7) is 8.66. The Hall–Kier alpha value is -0.830. The Morgan fingerprint density at radius 3 is 2.80 bits per heavy atom. The summed E-state index contributed by atoms with van der Waals surface area (Å²) in [5, 5.41) is 3.49. The van der Waals surface area contributed by atoms with Gasteiger partial charge in [0.25, 0.3) is 0 Å². The van der Waals surface area contributed by atoms with Gasteiger partial charge in [-0.1, -0.05) is 20.8 Å². The van der Waals surface area contributed by atoms with Crippen LogP contribution in [0.4, 0.5) is 0 Å². The molecule has 0 fully saturated rings. The van der Waals surface area contributed by atoms with Gasteiger partial charge in [-0.15, -0.1) is 0 Å². The van der Waals surface area contributed by atoms with Crippen LogP contribution in [-0.4, -0.2) is 22.1 Å². The van der Waals surface area contributed by atoms with E-state index in [-0.39, 0.29) is 0 Å². The third-order valence-electron chi connectivity index (χ3n) is 2.68. The molecule has 1 unspecified atom stereocenters. The van der Waals surface area contributed by atoms with Crippen molar-refractivity contribution in [3.8, 4) is 0 Å². The standard InChI is InChI=1S/C12H23N3/c1-4-7-12-14-8-9-15(12)10-11(5-2)13-6-3/h8-9,11,13H,4-7,10H2,1-3H3. The molecule has 1 N–H and O–H groups in total. The van der Waals surface area contributed by atoms with Crippen LogP contribution < -0.4 is 5.32 Å². The number of aryl methyl sites for hydroxylation is 1. The highest BCUT2D eigenvalue weighted by molar-refractivity contribution is 4.93. The van der Waals surface area contributed by atoms with Crippen LogP contribution in [0.15, 0.2) is 12.4 Å². The highest BCUT2D eigenvalue weighted by Gasteiger charge is 2.08. The van der Waals surface area contributed by atoms with Crippen molar-refractivity contribution in [2.75, 3.05) is 6.54 Å². The molecule has 1 atom stereocenters. The van der Waals surface area contributed by atoms with Crippen molar-refractivity contribution in [1.82, 2.24) is 14.9 Å². The second-order valence-corrected chi connectivity index (χ2v) is 3.91. The molecule has 0 aliphatic heterocycles. The van der Waals surface area contributed by atoms with Gasteiger partial charge in [-0.2, -0.15) is 0 Å². The molecule has 1 aromatic heterocycles. The van der Waals surface area contributed by atoms with E-state index in [2.05, 4.69) is 41.8 Å². The highest BCUT2D eigenvalue weighted by Crippen LogP contribution is 2.04. The summed E-state index contributed by atoms with van der Waals surface area (Å²) in [7, 11) is 0. The first-order valence-electron chi connectivity index (χ1n) is 6.05. The minimum Gasteiger partial charge on any atom is -0.333 e. The maximum atomic E-state index is 4.39. The number of nitrogens with one attached hydrogen (secondary N) is 1. The monoisotopic (exact) mass is 209 g/mol. The van der Waals surface area contributed by atoms with E-state index in [1.54, 1.807) is 0 Å². The topological polar surface area (TPSA) is 29.9 Å². The van der Waals surface area contributed by atoms with Gasteiger partial charge in [0.05, 0.1) is 0 Å². The van der Waals surface area contributed by atoms with Crippen LogP contribution in [0.25, 0.3) is 0 Å². The fraction of sp³-hybridized carbons (Fsp3) is 0.750. The lowest BCUT2D eigenvalue weighted by Gasteiger charge is -2.17. The molecule has 0 radical (unpaired) electrons. The molecule has 0 aromatic carbocycles. The fourth-order valence-corrected chi connectivity index (χ4v) is 1.82. The van der Waals surface area contributed by atoms with Crippen molar-refractivity contribution in [2.45, 2.75) is 52.6 Å². The number of aromatic nitrogens is 2. The molecule has 15 heavy (non-hydrogen) atoms. The lowest BCUT2D eigenvalue weighted by Crippen LogP contribution is -2.32. The minimum atomic E-state index is 0.569. The Morgan fingerprint density at radius 1 is 1.40 bits per heavy atom. The molecule has 1 aromatic rings. The van der Waals surface area contributed by atoms with E-state index in [0.717, 1.165) is 32.4 Å². The molecule has 1 rings (SSSR count). The molecular weight excluding hydrogens is 186 g/mol. The first kappa shape index (κ1) is 12.2. The van der Waals surface area contributed by atoms with Gasteiger partial charge in [0.15, 0.2) is 0 Å². The first-order valence-corrected chi connectivity index (χ1v) is 6.05. The van der Waals surface area contributed by atoms with E-state index in [0.29, 0.717) is 6.04 Å². The molecule has 3 heteroatoms. The van der Waals surface area contributed by atoms with Crippen LogP contribution in [-0.2, 0) is 13.0 Å². The Labute approximate surface area is 92.9 Å². The highest BCUT2D eigenvalue weighted by atomic mass is 15.1. The molecule has 0 saturated carbocycles. The summed E-state index contributed by atoms with van der Waals surface area (Å²) in [6.07, 6.45) is 7.40. The minimum absolute atomic E-state index is 0.569. The van der Waals surface area contributed by atoms with Gasteiger partial charge in [-0.25, -0.2) is 4.98 Å². The fourth-order valence-electron chi connectivity index (χ4n) is 1.82. The predicted molar refractivity (Wildman–Crippen MR) is 64.0 cm³/mol. The van der Waals surface area contributed by atoms with Crippen molar-refractivity contribution in [1.29, 1.82) is 0 Å². The number of hydrogen-bond acceptors (Lipinski definition) is 2. The van der Waals surface area contributed by atoms with Crippen molar-refractivity contribution in [2.24, 2.45) is 0 Å². The summed E-state index contributed by atoms with van der Waals surface area (Å²) in [6, 6.07) is 0.569. The van der Waals surface area contributed by atoms with Crippen molar-refractivity contribution in [3.05, 3.63) is 18.2 Å². The zero-order valence-corrected chi connectivity index (χ0v) is 10.2. The lowest BCUT2D eigenvalue weighted by atomic mass is 10.2. The van der Waals surface area contributed by atoms with Crippen molar-refractivity contribution >= 4 is 0 Å². The Bertz CT molecular complexity index is 268. The van der Waals surface area contributed by atoms with E-state index in [1.165, 1.54) is 5.82 Å². The van der Waals surface area contributed by atoms with Gasteiger partial charge < -0.3 is 9.88 Å². The zero-order chi connectivity index (χ0) is 11.1. The molecule has 0 amide bonds. The zero-order valence-electron chi connectivity index (χ0n) is 10.2. The third kappa shape index (κ3) is 3.67. The van der Waals surface area contributed by atoms with Gasteiger partial charge in [0.1, 0.15) is 5.82 Å². The summed E-state index contributed by atoms with van der Waals surface area (Å²) in [4.78, 5) is 4.39. The Morgan fingerprint density at radius 2 is 2.20 bits per heavy atom. The molecular formula is C12H23N3. The number of rotatable bonds is 7. The second-order valence-electron chi connectivity index (χ2n) is 3.91. The van der Waals surface area contributed by atoms with E-state index < -0.39 is 0 Å². The van der Waals surface area contributed by atoms with Gasteiger partial charge in [0.2, 0.25) is 0 Å².